The van der Waals surface area contributed by atoms with Crippen LogP contribution in [-0.2, 0) is 17.8 Å². The van der Waals surface area contributed by atoms with Gasteiger partial charge in [-0.2, -0.15) is 0 Å². The molecule has 168 valence electrons. The highest BCUT2D eigenvalue weighted by Crippen LogP contribution is 2.29. The normalized spacial score (nSPS) is 12.3. The number of aromatic nitrogens is 1. The molecule has 1 aliphatic rings. The molecule has 0 bridgehead atoms. The molecular formula is C25H23N3O4S. The van der Waals surface area contributed by atoms with Crippen molar-refractivity contribution in [1.29, 1.82) is 0 Å². The van der Waals surface area contributed by atoms with E-state index in [2.05, 4.69) is 10.3 Å². The fourth-order valence-corrected chi connectivity index (χ4v) is 4.68. The summed E-state index contributed by atoms with van der Waals surface area (Å²) in [4.78, 5) is 43.2. The summed E-state index contributed by atoms with van der Waals surface area (Å²) in [5, 5.41) is 11.9. The lowest BCUT2D eigenvalue weighted by Crippen LogP contribution is -2.30. The molecule has 0 saturated heterocycles. The highest BCUT2D eigenvalue weighted by molar-refractivity contribution is 8.00. The number of aryl methyl sites for hydroxylation is 1. The van der Waals surface area contributed by atoms with Crippen LogP contribution in [0.5, 0.6) is 0 Å². The molecule has 1 aliphatic heterocycles. The predicted octanol–water partition coefficient (Wildman–Crippen LogP) is 3.70. The van der Waals surface area contributed by atoms with Crippen molar-refractivity contribution in [3.8, 4) is 0 Å². The Morgan fingerprint density at radius 3 is 2.67 bits per heavy atom. The lowest BCUT2D eigenvalue weighted by Gasteiger charge is -2.17. The third kappa shape index (κ3) is 5.06. The quantitative estimate of drug-likeness (QED) is 0.521. The smallest absolute Gasteiger partial charge is 0.354 e. The standard InChI is InChI=1S/C25H23N3O4S/c1-16-12-20(25(31)32)26-13-18(16)14-27-24(30)19-7-3-5-9-22(19)33-15-23(29)28-11-10-17-6-2-4-8-21(17)28/h2-9,12-13H,10-11,14-15H2,1H3,(H,27,30)(H,31,32). The fraction of sp³-hybridized carbons (Fsp3) is 0.200. The minimum Gasteiger partial charge on any atom is -0.477 e. The number of pyridine rings is 1. The van der Waals surface area contributed by atoms with Crippen LogP contribution in [-0.4, -0.2) is 40.2 Å². The molecule has 2 heterocycles. The molecule has 7 nitrogen and oxygen atoms in total. The van der Waals surface area contributed by atoms with E-state index in [1.807, 2.05) is 41.3 Å². The molecule has 0 unspecified atom stereocenters. The topological polar surface area (TPSA) is 99.6 Å². The summed E-state index contributed by atoms with van der Waals surface area (Å²) < 4.78 is 0. The molecule has 0 atom stereocenters. The van der Waals surface area contributed by atoms with Crippen LogP contribution in [0, 0.1) is 6.92 Å². The summed E-state index contributed by atoms with van der Waals surface area (Å²) in [6.07, 6.45) is 2.32. The van der Waals surface area contributed by atoms with Crippen molar-refractivity contribution < 1.29 is 19.5 Å². The fourth-order valence-electron chi connectivity index (χ4n) is 3.75. The van der Waals surface area contributed by atoms with Crippen LogP contribution < -0.4 is 10.2 Å². The van der Waals surface area contributed by atoms with Crippen LogP contribution in [0.1, 0.15) is 37.5 Å². The van der Waals surface area contributed by atoms with E-state index in [0.717, 1.165) is 28.1 Å². The van der Waals surface area contributed by atoms with Gasteiger partial charge in [-0.25, -0.2) is 9.78 Å². The van der Waals surface area contributed by atoms with Gasteiger partial charge in [-0.3, -0.25) is 9.59 Å². The first-order valence-corrected chi connectivity index (χ1v) is 11.5. The lowest BCUT2D eigenvalue weighted by molar-refractivity contribution is -0.116. The summed E-state index contributed by atoms with van der Waals surface area (Å²) >= 11 is 1.35. The molecule has 0 fully saturated rings. The zero-order valence-corrected chi connectivity index (χ0v) is 18.9. The largest absolute Gasteiger partial charge is 0.477 e. The number of thioether (sulfide) groups is 1. The van der Waals surface area contributed by atoms with E-state index in [1.165, 1.54) is 29.6 Å². The number of hydrogen-bond acceptors (Lipinski definition) is 5. The minimum atomic E-state index is -1.09. The highest BCUT2D eigenvalue weighted by atomic mass is 32.2. The number of amides is 2. The SMILES string of the molecule is Cc1cc(C(=O)O)ncc1CNC(=O)c1ccccc1SCC(=O)N1CCc2ccccc21. The Morgan fingerprint density at radius 2 is 1.88 bits per heavy atom. The molecule has 2 amide bonds. The number of rotatable bonds is 7. The van der Waals surface area contributed by atoms with Gasteiger partial charge in [0.2, 0.25) is 5.91 Å². The number of carboxylic acid groups (broad SMARTS) is 1. The maximum absolute atomic E-state index is 12.9. The number of benzene rings is 2. The van der Waals surface area contributed by atoms with Crippen LogP contribution in [0.15, 0.2) is 65.7 Å². The Bertz CT molecular complexity index is 1230. The van der Waals surface area contributed by atoms with Crippen LogP contribution in [0.2, 0.25) is 0 Å². The second-order valence-corrected chi connectivity index (χ2v) is 8.71. The summed E-state index contributed by atoms with van der Waals surface area (Å²) in [6.45, 7) is 2.68. The number of carbonyl (C=O) groups is 3. The maximum atomic E-state index is 12.9. The molecule has 33 heavy (non-hydrogen) atoms. The predicted molar refractivity (Wildman–Crippen MR) is 127 cm³/mol. The van der Waals surface area contributed by atoms with Gasteiger partial charge in [0, 0.05) is 29.9 Å². The molecule has 1 aromatic heterocycles. The Kier molecular flexibility index (Phi) is 6.74. The van der Waals surface area contributed by atoms with E-state index in [9.17, 15) is 14.4 Å². The summed E-state index contributed by atoms with van der Waals surface area (Å²) in [5.74, 6) is -1.11. The van der Waals surface area contributed by atoms with Crippen molar-refractivity contribution in [3.05, 3.63) is 88.7 Å². The van der Waals surface area contributed by atoms with Crippen LogP contribution in [0.25, 0.3) is 0 Å². The van der Waals surface area contributed by atoms with Crippen molar-refractivity contribution in [3.63, 3.8) is 0 Å². The summed E-state index contributed by atoms with van der Waals surface area (Å²) in [7, 11) is 0. The molecular weight excluding hydrogens is 438 g/mol. The van der Waals surface area contributed by atoms with E-state index in [-0.39, 0.29) is 29.8 Å². The molecule has 2 N–H and O–H groups in total. The Hall–Kier alpha value is -3.65. The minimum absolute atomic E-state index is 0.0142. The van der Waals surface area contributed by atoms with Gasteiger partial charge in [0.15, 0.2) is 0 Å². The average Bonchev–Trinajstić information content (AvgIpc) is 3.26. The summed E-state index contributed by atoms with van der Waals surface area (Å²) in [6, 6.07) is 16.6. The Morgan fingerprint density at radius 1 is 1.12 bits per heavy atom. The first kappa shape index (κ1) is 22.5. The average molecular weight is 462 g/mol. The molecule has 0 radical (unpaired) electrons. The Labute approximate surface area is 195 Å². The van der Waals surface area contributed by atoms with E-state index in [1.54, 1.807) is 19.1 Å². The number of aromatic carboxylic acids is 1. The zero-order valence-electron chi connectivity index (χ0n) is 18.1. The molecule has 0 spiro atoms. The first-order valence-electron chi connectivity index (χ1n) is 10.5. The van der Waals surface area contributed by atoms with Gasteiger partial charge in [-0.1, -0.05) is 30.3 Å². The number of hydrogen-bond donors (Lipinski definition) is 2. The summed E-state index contributed by atoms with van der Waals surface area (Å²) in [5.41, 5.74) is 4.08. The number of anilines is 1. The van der Waals surface area contributed by atoms with Crippen molar-refractivity contribution in [1.82, 2.24) is 10.3 Å². The van der Waals surface area contributed by atoms with E-state index >= 15 is 0 Å². The Balaban J connectivity index is 1.40. The van der Waals surface area contributed by atoms with Gasteiger partial charge in [0.1, 0.15) is 5.69 Å². The number of nitrogens with zero attached hydrogens (tertiary/aromatic N) is 2. The second kappa shape index (κ2) is 9.87. The van der Waals surface area contributed by atoms with Crippen LogP contribution in [0.3, 0.4) is 0 Å². The molecule has 8 heteroatoms. The number of carboxylic acids is 1. The maximum Gasteiger partial charge on any atom is 0.354 e. The third-order valence-electron chi connectivity index (χ3n) is 5.55. The number of nitrogens with one attached hydrogen (secondary N) is 1. The van der Waals surface area contributed by atoms with Crippen molar-refractivity contribution in [2.45, 2.75) is 24.8 Å². The van der Waals surface area contributed by atoms with Gasteiger partial charge >= 0.3 is 5.97 Å². The van der Waals surface area contributed by atoms with Gasteiger partial charge in [-0.15, -0.1) is 11.8 Å². The number of carbonyl (C=O) groups excluding carboxylic acids is 2. The van der Waals surface area contributed by atoms with E-state index in [0.29, 0.717) is 12.1 Å². The van der Waals surface area contributed by atoms with E-state index < -0.39 is 5.97 Å². The molecule has 4 rings (SSSR count). The lowest BCUT2D eigenvalue weighted by atomic mass is 10.1. The van der Waals surface area contributed by atoms with Gasteiger partial charge < -0.3 is 15.3 Å². The van der Waals surface area contributed by atoms with Gasteiger partial charge in [0.25, 0.3) is 5.91 Å². The van der Waals surface area contributed by atoms with Crippen LogP contribution >= 0.6 is 11.8 Å². The van der Waals surface area contributed by atoms with Gasteiger partial charge in [0.05, 0.1) is 11.3 Å². The number of fused-ring (bicyclic) bond motifs is 1. The third-order valence-corrected chi connectivity index (χ3v) is 6.61. The monoisotopic (exact) mass is 461 g/mol. The zero-order chi connectivity index (χ0) is 23.4. The van der Waals surface area contributed by atoms with E-state index in [4.69, 9.17) is 5.11 Å². The van der Waals surface area contributed by atoms with Crippen molar-refractivity contribution in [2.24, 2.45) is 0 Å². The first-order chi connectivity index (χ1) is 15.9. The molecule has 0 aliphatic carbocycles. The molecule has 2 aromatic carbocycles. The van der Waals surface area contributed by atoms with Crippen LogP contribution in [0.4, 0.5) is 5.69 Å². The van der Waals surface area contributed by atoms with Crippen molar-refractivity contribution in [2.75, 3.05) is 17.2 Å². The molecule has 0 saturated carbocycles. The second-order valence-electron chi connectivity index (χ2n) is 7.69. The highest BCUT2D eigenvalue weighted by Gasteiger charge is 2.24. The van der Waals surface area contributed by atoms with Crippen molar-refractivity contribution >= 4 is 35.2 Å². The number of para-hydroxylation sites is 1. The molecule has 3 aromatic rings. The van der Waals surface area contributed by atoms with Gasteiger partial charge in [-0.05, 0) is 54.3 Å².